The molecule has 1 aromatic carbocycles. The van der Waals surface area contributed by atoms with Crippen LogP contribution in [0.3, 0.4) is 0 Å². The maximum atomic E-state index is 14.4. The fourth-order valence-corrected chi connectivity index (χ4v) is 9.81. The summed E-state index contributed by atoms with van der Waals surface area (Å²) in [6, 6.07) is 10.7. The number of rotatable bonds is 15. The van der Waals surface area contributed by atoms with Crippen molar-refractivity contribution in [2.45, 2.75) is 97.1 Å². The Balaban J connectivity index is 2.03. The van der Waals surface area contributed by atoms with Crippen LogP contribution in [0.15, 0.2) is 52.4 Å². The molecule has 0 saturated heterocycles. The number of Topliss-reactive ketones (excluding diaryl/α,β-unsaturated/α-hetero) is 1. The van der Waals surface area contributed by atoms with E-state index in [4.69, 9.17) is 33.0 Å². The van der Waals surface area contributed by atoms with Gasteiger partial charge in [0.25, 0.3) is 5.91 Å². The molecule has 0 aliphatic heterocycles. The Morgan fingerprint density at radius 3 is 2.20 bits per heavy atom. The molecule has 1 unspecified atom stereocenters. The van der Waals surface area contributed by atoms with Crippen LogP contribution in [0.5, 0.6) is 0 Å². The van der Waals surface area contributed by atoms with Crippen molar-refractivity contribution in [3.63, 3.8) is 0 Å². The minimum Gasteiger partial charge on any atom is -0.408 e. The number of hydrogen-bond acceptors (Lipinski definition) is 6. The van der Waals surface area contributed by atoms with Crippen molar-refractivity contribution in [3.8, 4) is 0 Å². The predicted octanol–water partition coefficient (Wildman–Crippen LogP) is 8.90. The number of pyridine rings is 1. The van der Waals surface area contributed by atoms with Crippen molar-refractivity contribution < 1.29 is 14.0 Å². The zero-order valence-electron chi connectivity index (χ0n) is 26.4. The number of ketones is 1. The molecule has 1 aromatic heterocycles. The molecule has 1 heterocycles. The number of aromatic nitrogens is 1. The molecule has 1 fully saturated rings. The Kier molecular flexibility index (Phi) is 14.1. The number of hydrogen-bond donors (Lipinski definition) is 2. The lowest BCUT2D eigenvalue weighted by atomic mass is 9.84. The van der Waals surface area contributed by atoms with Crippen LogP contribution in [0.25, 0.3) is 0 Å². The fourth-order valence-electron chi connectivity index (χ4n) is 6.00. The highest BCUT2D eigenvalue weighted by molar-refractivity contribution is 9.10. The van der Waals surface area contributed by atoms with E-state index in [-0.39, 0.29) is 42.3 Å². The molecule has 0 radical (unpaired) electrons. The molecule has 3 rings (SSSR count). The second-order valence-corrected chi connectivity index (χ2v) is 18.0. The van der Waals surface area contributed by atoms with Gasteiger partial charge in [-0.3, -0.25) is 14.6 Å². The first kappa shape index (κ1) is 36.4. The quantitative estimate of drug-likeness (QED) is 0.109. The summed E-state index contributed by atoms with van der Waals surface area (Å²) in [6.07, 6.45) is 7.00. The normalized spacial score (nSPS) is 18.3. The van der Waals surface area contributed by atoms with Crippen LogP contribution in [-0.2, 0) is 20.6 Å². The largest absolute Gasteiger partial charge is 0.408 e. The van der Waals surface area contributed by atoms with E-state index < -0.39 is 14.4 Å². The highest BCUT2D eigenvalue weighted by Gasteiger charge is 2.36. The SMILES string of the molecule is CC[Si](CC)(CC)OC(CN(Cc1ccccc1Br)C(=O)/C(C=N)=C(\C)N[C@H]1CC[C@H](C(C)=O)CC1)c1c(Cl)cncc1Cl. The molecule has 0 bridgehead atoms. The number of halogens is 3. The molecule has 1 saturated carbocycles. The minimum absolute atomic E-state index is 0.106. The third-order valence-corrected chi connectivity index (χ3v) is 15.1. The minimum atomic E-state index is -2.19. The number of amides is 1. The predicted molar refractivity (Wildman–Crippen MR) is 186 cm³/mol. The molecule has 240 valence electrons. The lowest BCUT2D eigenvalue weighted by Crippen LogP contribution is -2.43. The molecule has 11 heteroatoms. The molecule has 1 atom stereocenters. The number of carbonyl (C=O) groups is 2. The van der Waals surface area contributed by atoms with Gasteiger partial charge in [0.1, 0.15) is 5.78 Å². The fraction of sp³-hybridized carbons (Fsp3) is 0.515. The summed E-state index contributed by atoms with van der Waals surface area (Å²) in [5, 5.41) is 12.6. The Morgan fingerprint density at radius 1 is 1.09 bits per heavy atom. The number of nitrogens with zero attached hydrogens (tertiary/aromatic N) is 2. The Bertz CT molecular complexity index is 1320. The van der Waals surface area contributed by atoms with Crippen molar-refractivity contribution in [2.75, 3.05) is 6.54 Å². The molecule has 0 spiro atoms. The third-order valence-electron chi connectivity index (χ3n) is 9.03. The molecule has 2 N–H and O–H groups in total. The van der Waals surface area contributed by atoms with Gasteiger partial charge in [-0.1, -0.05) is 78.1 Å². The summed E-state index contributed by atoms with van der Waals surface area (Å²) in [4.78, 5) is 32.2. The third kappa shape index (κ3) is 9.25. The average molecular weight is 725 g/mol. The zero-order chi connectivity index (χ0) is 32.4. The first-order chi connectivity index (χ1) is 21.0. The molecular weight excluding hydrogens is 679 g/mol. The van der Waals surface area contributed by atoms with Crippen LogP contribution in [0, 0.1) is 11.3 Å². The summed E-state index contributed by atoms with van der Waals surface area (Å²) in [5.74, 6) is 0.0564. The van der Waals surface area contributed by atoms with Crippen LogP contribution in [0.1, 0.15) is 77.5 Å². The Morgan fingerprint density at radius 2 is 1.68 bits per heavy atom. The van der Waals surface area contributed by atoms with Gasteiger partial charge < -0.3 is 20.1 Å². The summed E-state index contributed by atoms with van der Waals surface area (Å²) in [6.45, 7) is 10.5. The molecule has 44 heavy (non-hydrogen) atoms. The first-order valence-corrected chi connectivity index (χ1v) is 19.5. The van der Waals surface area contributed by atoms with Crippen LogP contribution >= 0.6 is 39.1 Å². The number of allylic oxidation sites excluding steroid dienone is 1. The van der Waals surface area contributed by atoms with Crippen LogP contribution in [0.2, 0.25) is 28.2 Å². The van der Waals surface area contributed by atoms with E-state index in [0.717, 1.165) is 60.1 Å². The van der Waals surface area contributed by atoms with Crippen molar-refractivity contribution in [2.24, 2.45) is 5.92 Å². The maximum Gasteiger partial charge on any atom is 0.257 e. The van der Waals surface area contributed by atoms with Gasteiger partial charge in [-0.05, 0) is 69.3 Å². The van der Waals surface area contributed by atoms with E-state index in [1.54, 1.807) is 24.2 Å². The summed E-state index contributed by atoms with van der Waals surface area (Å²) in [7, 11) is -2.19. The van der Waals surface area contributed by atoms with E-state index in [2.05, 4.69) is 47.0 Å². The standard InChI is InChI=1S/C33H45BrCl2N4O3Si/c1-6-44(7-2,8-3)43-31(32-29(35)18-38-19-30(32)36)21-40(20-25-11-9-10-12-28(25)34)33(42)27(17-37)22(4)39-26-15-13-24(14-16-26)23(5)41/h9-12,17-19,24,26,31,37,39H,6-8,13-16,20-21H2,1-5H3/b27-22+,37-17?/t24-,26-,31?. The van der Waals surface area contributed by atoms with Gasteiger partial charge in [0.05, 0.1) is 28.3 Å². The smallest absolute Gasteiger partial charge is 0.257 e. The van der Waals surface area contributed by atoms with Crippen molar-refractivity contribution in [1.82, 2.24) is 15.2 Å². The highest BCUT2D eigenvalue weighted by Crippen LogP contribution is 2.37. The van der Waals surface area contributed by atoms with Crippen molar-refractivity contribution >= 4 is 65.4 Å². The van der Waals surface area contributed by atoms with E-state index in [0.29, 0.717) is 21.3 Å². The number of nitrogens with one attached hydrogen (secondary N) is 2. The van der Waals surface area contributed by atoms with Crippen LogP contribution < -0.4 is 5.32 Å². The summed E-state index contributed by atoms with van der Waals surface area (Å²) in [5.41, 5.74) is 2.47. The molecule has 1 amide bonds. The lowest BCUT2D eigenvalue weighted by Gasteiger charge is -2.37. The van der Waals surface area contributed by atoms with Crippen molar-refractivity contribution in [3.05, 3.63) is 73.6 Å². The zero-order valence-corrected chi connectivity index (χ0v) is 30.5. The monoisotopic (exact) mass is 722 g/mol. The van der Waals surface area contributed by atoms with Crippen LogP contribution in [-0.4, -0.2) is 48.7 Å². The van der Waals surface area contributed by atoms with Gasteiger partial charge in [0, 0.05) is 52.8 Å². The summed E-state index contributed by atoms with van der Waals surface area (Å²) >= 11 is 17.1. The van der Waals surface area contributed by atoms with E-state index in [9.17, 15) is 9.59 Å². The highest BCUT2D eigenvalue weighted by atomic mass is 79.9. The van der Waals surface area contributed by atoms with Gasteiger partial charge >= 0.3 is 0 Å². The number of carbonyl (C=O) groups excluding carboxylic acids is 2. The summed E-state index contributed by atoms with van der Waals surface area (Å²) < 4.78 is 7.91. The molecule has 2 aromatic rings. The van der Waals surface area contributed by atoms with E-state index in [1.807, 2.05) is 31.2 Å². The van der Waals surface area contributed by atoms with Crippen LogP contribution in [0.4, 0.5) is 0 Å². The molecule has 7 nitrogen and oxygen atoms in total. The van der Waals surface area contributed by atoms with E-state index in [1.165, 1.54) is 0 Å². The van der Waals surface area contributed by atoms with Gasteiger partial charge in [0.2, 0.25) is 0 Å². The Labute approximate surface area is 281 Å². The topological polar surface area (TPSA) is 95.4 Å². The van der Waals surface area contributed by atoms with Crippen molar-refractivity contribution in [1.29, 1.82) is 5.41 Å². The number of benzene rings is 1. The van der Waals surface area contributed by atoms with Gasteiger partial charge in [-0.25, -0.2) is 0 Å². The van der Waals surface area contributed by atoms with E-state index >= 15 is 0 Å². The Hall–Kier alpha value is -2.04. The van der Waals surface area contributed by atoms with Gasteiger partial charge in [-0.15, -0.1) is 0 Å². The molecular formula is C33H45BrCl2N4O3Si. The molecule has 1 aliphatic rings. The first-order valence-electron chi connectivity index (χ1n) is 15.5. The molecule has 1 aliphatic carbocycles. The van der Waals surface area contributed by atoms with Gasteiger partial charge in [0.15, 0.2) is 8.32 Å². The second-order valence-electron chi connectivity index (χ2n) is 11.6. The van der Waals surface area contributed by atoms with Gasteiger partial charge in [-0.2, -0.15) is 0 Å². The second kappa shape index (κ2) is 17.0. The average Bonchev–Trinajstić information content (AvgIpc) is 3.00. The lowest BCUT2D eigenvalue weighted by molar-refractivity contribution is -0.128. The maximum absolute atomic E-state index is 14.4.